The van der Waals surface area contributed by atoms with Crippen LogP contribution in [-0.2, 0) is 12.8 Å². The van der Waals surface area contributed by atoms with Gasteiger partial charge in [0.2, 0.25) is 0 Å². The van der Waals surface area contributed by atoms with Crippen LogP contribution < -0.4 is 4.90 Å². The standard InChI is InChI=1S/C13H20N2O/c1-2-15(9-4-10-16)13-8-7-11-5-3-6-12(11)14-13/h7-8,16H,2-6,9-10H2,1H3. The molecule has 0 unspecified atom stereocenters. The number of pyridine rings is 1. The van der Waals surface area contributed by atoms with Crippen molar-refractivity contribution in [2.45, 2.75) is 32.6 Å². The van der Waals surface area contributed by atoms with Crippen LogP contribution in [-0.4, -0.2) is 29.8 Å². The number of anilines is 1. The molecule has 2 rings (SSSR count). The van der Waals surface area contributed by atoms with E-state index in [9.17, 15) is 0 Å². The number of hydrogen-bond acceptors (Lipinski definition) is 3. The quantitative estimate of drug-likeness (QED) is 0.821. The highest BCUT2D eigenvalue weighted by atomic mass is 16.3. The van der Waals surface area contributed by atoms with E-state index in [0.29, 0.717) is 0 Å². The minimum absolute atomic E-state index is 0.251. The molecule has 0 bridgehead atoms. The Labute approximate surface area is 97.1 Å². The van der Waals surface area contributed by atoms with Crippen molar-refractivity contribution in [3.63, 3.8) is 0 Å². The maximum atomic E-state index is 8.87. The third kappa shape index (κ3) is 2.35. The van der Waals surface area contributed by atoms with Crippen LogP contribution in [0.4, 0.5) is 5.82 Å². The zero-order valence-electron chi connectivity index (χ0n) is 9.95. The van der Waals surface area contributed by atoms with Crippen molar-refractivity contribution >= 4 is 5.82 Å². The number of nitrogens with zero attached hydrogens (tertiary/aromatic N) is 2. The number of aryl methyl sites for hydroxylation is 2. The van der Waals surface area contributed by atoms with Gasteiger partial charge < -0.3 is 10.0 Å². The first-order chi connectivity index (χ1) is 7.85. The minimum atomic E-state index is 0.251. The molecule has 1 aliphatic carbocycles. The molecular formula is C13H20N2O. The Morgan fingerprint density at radius 1 is 1.38 bits per heavy atom. The fourth-order valence-corrected chi connectivity index (χ4v) is 2.28. The van der Waals surface area contributed by atoms with Gasteiger partial charge in [0.25, 0.3) is 0 Å². The van der Waals surface area contributed by atoms with E-state index in [4.69, 9.17) is 10.1 Å². The molecule has 0 saturated heterocycles. The van der Waals surface area contributed by atoms with Gasteiger partial charge in [-0.15, -0.1) is 0 Å². The summed E-state index contributed by atoms with van der Waals surface area (Å²) >= 11 is 0. The van der Waals surface area contributed by atoms with E-state index >= 15 is 0 Å². The topological polar surface area (TPSA) is 36.4 Å². The molecule has 0 radical (unpaired) electrons. The largest absolute Gasteiger partial charge is 0.396 e. The van der Waals surface area contributed by atoms with E-state index in [0.717, 1.165) is 31.7 Å². The minimum Gasteiger partial charge on any atom is -0.396 e. The third-order valence-electron chi connectivity index (χ3n) is 3.21. The molecule has 0 atom stereocenters. The second kappa shape index (κ2) is 5.30. The first kappa shape index (κ1) is 11.4. The smallest absolute Gasteiger partial charge is 0.128 e. The average Bonchev–Trinajstić information content (AvgIpc) is 2.77. The molecule has 0 aliphatic heterocycles. The Morgan fingerprint density at radius 3 is 3.00 bits per heavy atom. The van der Waals surface area contributed by atoms with Crippen LogP contribution in [0.1, 0.15) is 31.0 Å². The second-order valence-corrected chi connectivity index (χ2v) is 4.29. The van der Waals surface area contributed by atoms with E-state index in [2.05, 4.69) is 24.0 Å². The summed E-state index contributed by atoms with van der Waals surface area (Å²) in [5.41, 5.74) is 2.70. The van der Waals surface area contributed by atoms with E-state index in [1.54, 1.807) is 0 Å². The van der Waals surface area contributed by atoms with Gasteiger partial charge in [-0.25, -0.2) is 4.98 Å². The molecule has 88 valence electrons. The zero-order valence-corrected chi connectivity index (χ0v) is 9.95. The van der Waals surface area contributed by atoms with Gasteiger partial charge in [-0.3, -0.25) is 0 Å². The van der Waals surface area contributed by atoms with Crippen molar-refractivity contribution < 1.29 is 5.11 Å². The molecule has 1 aliphatic rings. The normalized spacial score (nSPS) is 13.9. The van der Waals surface area contributed by atoms with Crippen molar-refractivity contribution in [3.05, 3.63) is 23.4 Å². The van der Waals surface area contributed by atoms with Crippen LogP contribution in [0.3, 0.4) is 0 Å². The van der Waals surface area contributed by atoms with Gasteiger partial charge in [0, 0.05) is 25.4 Å². The van der Waals surface area contributed by atoms with Gasteiger partial charge >= 0.3 is 0 Å². The average molecular weight is 220 g/mol. The monoisotopic (exact) mass is 220 g/mol. The molecule has 16 heavy (non-hydrogen) atoms. The molecule has 0 amide bonds. The molecular weight excluding hydrogens is 200 g/mol. The summed E-state index contributed by atoms with van der Waals surface area (Å²) in [5.74, 6) is 1.07. The molecule has 0 fully saturated rings. The summed E-state index contributed by atoms with van der Waals surface area (Å²) in [6, 6.07) is 4.33. The van der Waals surface area contributed by atoms with Crippen LogP contribution in [0.2, 0.25) is 0 Å². The van der Waals surface area contributed by atoms with Crippen molar-refractivity contribution in [3.8, 4) is 0 Å². The summed E-state index contributed by atoms with van der Waals surface area (Å²) in [5, 5.41) is 8.87. The Hall–Kier alpha value is -1.09. The second-order valence-electron chi connectivity index (χ2n) is 4.29. The first-order valence-corrected chi connectivity index (χ1v) is 6.19. The molecule has 1 heterocycles. The lowest BCUT2D eigenvalue weighted by molar-refractivity contribution is 0.289. The highest BCUT2D eigenvalue weighted by Crippen LogP contribution is 2.23. The van der Waals surface area contributed by atoms with E-state index in [1.165, 1.54) is 24.1 Å². The Kier molecular flexibility index (Phi) is 3.78. The lowest BCUT2D eigenvalue weighted by Crippen LogP contribution is -2.25. The molecule has 1 aromatic rings. The molecule has 0 spiro atoms. The molecule has 3 nitrogen and oxygen atoms in total. The summed E-state index contributed by atoms with van der Waals surface area (Å²) < 4.78 is 0. The van der Waals surface area contributed by atoms with Gasteiger partial charge in [-0.2, -0.15) is 0 Å². The van der Waals surface area contributed by atoms with Crippen LogP contribution in [0.25, 0.3) is 0 Å². The van der Waals surface area contributed by atoms with Gasteiger partial charge in [0.1, 0.15) is 5.82 Å². The molecule has 0 aromatic carbocycles. The predicted molar refractivity (Wildman–Crippen MR) is 65.9 cm³/mol. The highest BCUT2D eigenvalue weighted by molar-refractivity contribution is 5.42. The fraction of sp³-hybridized carbons (Fsp3) is 0.615. The number of rotatable bonds is 5. The number of aliphatic hydroxyl groups excluding tert-OH is 1. The van der Waals surface area contributed by atoms with Gasteiger partial charge in [-0.1, -0.05) is 6.07 Å². The lowest BCUT2D eigenvalue weighted by Gasteiger charge is -2.22. The maximum absolute atomic E-state index is 8.87. The van der Waals surface area contributed by atoms with Crippen LogP contribution in [0.5, 0.6) is 0 Å². The van der Waals surface area contributed by atoms with Crippen molar-refractivity contribution in [1.29, 1.82) is 0 Å². The summed E-state index contributed by atoms with van der Waals surface area (Å²) in [6.07, 6.45) is 4.37. The number of aliphatic hydroxyl groups is 1. The molecule has 3 heteroatoms. The van der Waals surface area contributed by atoms with Crippen molar-refractivity contribution in [2.75, 3.05) is 24.6 Å². The Morgan fingerprint density at radius 2 is 2.25 bits per heavy atom. The van der Waals surface area contributed by atoms with Gasteiger partial charge in [0.05, 0.1) is 0 Å². The van der Waals surface area contributed by atoms with E-state index in [1.807, 2.05) is 0 Å². The van der Waals surface area contributed by atoms with Gasteiger partial charge in [-0.05, 0) is 44.2 Å². The Bertz CT molecular complexity index is 352. The molecule has 1 aromatic heterocycles. The summed E-state index contributed by atoms with van der Waals surface area (Å²) in [7, 11) is 0. The SMILES string of the molecule is CCN(CCCO)c1ccc2c(n1)CCC2. The van der Waals surface area contributed by atoms with Crippen molar-refractivity contribution in [1.82, 2.24) is 4.98 Å². The zero-order chi connectivity index (χ0) is 11.4. The summed E-state index contributed by atoms with van der Waals surface area (Å²) in [6.45, 7) is 4.22. The van der Waals surface area contributed by atoms with Crippen LogP contribution in [0.15, 0.2) is 12.1 Å². The van der Waals surface area contributed by atoms with Crippen LogP contribution >= 0.6 is 0 Å². The Balaban J connectivity index is 2.12. The van der Waals surface area contributed by atoms with Crippen molar-refractivity contribution in [2.24, 2.45) is 0 Å². The number of fused-ring (bicyclic) bond motifs is 1. The number of aromatic nitrogens is 1. The highest BCUT2D eigenvalue weighted by Gasteiger charge is 2.14. The predicted octanol–water partition coefficient (Wildman–Crippen LogP) is 1.78. The first-order valence-electron chi connectivity index (χ1n) is 6.19. The van der Waals surface area contributed by atoms with E-state index in [-0.39, 0.29) is 6.61 Å². The number of hydrogen-bond donors (Lipinski definition) is 1. The van der Waals surface area contributed by atoms with Crippen LogP contribution in [0, 0.1) is 0 Å². The molecule has 0 saturated carbocycles. The van der Waals surface area contributed by atoms with Gasteiger partial charge in [0.15, 0.2) is 0 Å². The van der Waals surface area contributed by atoms with E-state index < -0.39 is 0 Å². The third-order valence-corrected chi connectivity index (χ3v) is 3.21. The lowest BCUT2D eigenvalue weighted by atomic mass is 10.2. The molecule has 1 N–H and O–H groups in total. The maximum Gasteiger partial charge on any atom is 0.128 e. The summed E-state index contributed by atoms with van der Waals surface area (Å²) in [4.78, 5) is 6.95. The fourth-order valence-electron chi connectivity index (χ4n) is 2.28.